The van der Waals surface area contributed by atoms with E-state index in [1.165, 1.54) is 154 Å². The molecule has 0 unspecified atom stereocenters. The second kappa shape index (κ2) is 49.3. The van der Waals surface area contributed by atoms with Crippen molar-refractivity contribution in [3.05, 3.63) is 84.2 Å². The largest absolute Gasteiger partial charge is 0.493 e. The van der Waals surface area contributed by atoms with Crippen molar-refractivity contribution in [2.24, 2.45) is 0 Å². The Bertz CT molecular complexity index is 1990. The lowest BCUT2D eigenvalue weighted by Crippen LogP contribution is -2.07. The molecule has 0 saturated carbocycles. The van der Waals surface area contributed by atoms with Gasteiger partial charge in [0, 0.05) is 48.8 Å². The number of ether oxygens (including phenoxy) is 6. The summed E-state index contributed by atoms with van der Waals surface area (Å²) in [5, 5.41) is 6.82. The van der Waals surface area contributed by atoms with Gasteiger partial charge in [-0.15, -0.1) is 0 Å². The van der Waals surface area contributed by atoms with Crippen LogP contribution in [0, 0.1) is 0 Å². The van der Waals surface area contributed by atoms with Gasteiger partial charge in [0.15, 0.2) is 23.1 Å². The van der Waals surface area contributed by atoms with E-state index in [0.717, 1.165) is 77.0 Å². The van der Waals surface area contributed by atoms with Crippen molar-refractivity contribution in [2.75, 3.05) is 50.3 Å². The first-order chi connectivity index (χ1) is 40.4. The summed E-state index contributed by atoms with van der Waals surface area (Å²) in [5.41, 5.74) is 2.26. The SMILES string of the molecule is CCCCCCCCOc1ccc(C(=O)/C=C\Nc2cc(OCCCCCCCC)c(OCCCCCCCC)cc2N/C=C\C(=O)c2ccc(OCCCCCCCC)cc2OCCCCCCCC)c(OCCCCCCCC)c1. The van der Waals surface area contributed by atoms with E-state index in [1.807, 2.05) is 48.5 Å². The number of ketones is 2. The molecular weight excluding hydrogens is 1020 g/mol. The molecule has 0 amide bonds. The lowest BCUT2D eigenvalue weighted by molar-refractivity contribution is 0.103. The molecule has 0 aliphatic heterocycles. The van der Waals surface area contributed by atoms with E-state index in [0.29, 0.717) is 96.6 Å². The van der Waals surface area contributed by atoms with Crippen LogP contribution >= 0.6 is 0 Å². The number of anilines is 2. The van der Waals surface area contributed by atoms with Gasteiger partial charge in [-0.2, -0.15) is 0 Å². The second-order valence-electron chi connectivity index (χ2n) is 22.5. The molecule has 0 saturated heterocycles. The molecule has 0 aliphatic rings. The molecule has 10 nitrogen and oxygen atoms in total. The number of unbranched alkanes of at least 4 members (excludes halogenated alkanes) is 30. The van der Waals surface area contributed by atoms with Gasteiger partial charge in [0.05, 0.1) is 62.1 Å². The molecule has 0 aliphatic carbocycles. The monoisotopic (exact) mass is 1140 g/mol. The number of nitrogens with one attached hydrogen (secondary N) is 2. The smallest absolute Gasteiger partial charge is 0.191 e. The molecule has 462 valence electrons. The van der Waals surface area contributed by atoms with Gasteiger partial charge in [-0.05, 0) is 62.8 Å². The molecule has 0 bridgehead atoms. The zero-order valence-electron chi connectivity index (χ0n) is 52.9. The Labute approximate surface area is 500 Å². The summed E-state index contributed by atoms with van der Waals surface area (Å²) in [6.45, 7) is 16.8. The van der Waals surface area contributed by atoms with Gasteiger partial charge in [-0.25, -0.2) is 0 Å². The summed E-state index contributed by atoms with van der Waals surface area (Å²) in [6, 6.07) is 15.0. The van der Waals surface area contributed by atoms with Crippen molar-refractivity contribution in [3.8, 4) is 34.5 Å². The van der Waals surface area contributed by atoms with Crippen LogP contribution in [-0.4, -0.2) is 51.2 Å². The fraction of sp³-hybridized carbons (Fsp3) is 0.667. The van der Waals surface area contributed by atoms with Crippen LogP contribution < -0.4 is 39.1 Å². The molecule has 82 heavy (non-hydrogen) atoms. The first-order valence-corrected chi connectivity index (χ1v) is 33.6. The average molecular weight is 1140 g/mol. The summed E-state index contributed by atoms with van der Waals surface area (Å²) in [4.78, 5) is 28.3. The maximum atomic E-state index is 14.2. The number of hydrogen-bond acceptors (Lipinski definition) is 10. The highest BCUT2D eigenvalue weighted by atomic mass is 16.5. The first-order valence-electron chi connectivity index (χ1n) is 33.6. The van der Waals surface area contributed by atoms with Crippen LogP contribution in [0.25, 0.3) is 0 Å². The van der Waals surface area contributed by atoms with Crippen LogP contribution in [-0.2, 0) is 0 Å². The van der Waals surface area contributed by atoms with E-state index < -0.39 is 0 Å². The van der Waals surface area contributed by atoms with E-state index in [-0.39, 0.29) is 11.6 Å². The van der Waals surface area contributed by atoms with E-state index in [2.05, 4.69) is 52.2 Å². The standard InChI is InChI=1S/C72H116N2O8/c1-7-13-19-25-31-37-51-77-61-43-45-63(69(57-61)79-53-39-33-27-21-15-9-3)67(75)47-49-73-65-59-71(81-55-41-35-29-23-17-11-5)72(82-56-42-36-30-24-18-12-6)60-66(65)74-50-48-68(76)64-46-44-62(78-52-38-32-26-20-14-8-2)58-70(64)80-54-40-34-28-22-16-10-4/h43-50,57-60,73-74H,7-42,51-56H2,1-6H3/b49-47-,50-48-. The number of hydrogen-bond donors (Lipinski definition) is 2. The van der Waals surface area contributed by atoms with E-state index in [9.17, 15) is 9.59 Å². The Morgan fingerprint density at radius 2 is 0.549 bits per heavy atom. The number of allylic oxidation sites excluding steroid dienone is 2. The summed E-state index contributed by atoms with van der Waals surface area (Å²) >= 11 is 0. The number of carbonyl (C=O) groups excluding carboxylic acids is 2. The third kappa shape index (κ3) is 33.2. The van der Waals surface area contributed by atoms with Gasteiger partial charge in [0.25, 0.3) is 0 Å². The van der Waals surface area contributed by atoms with Gasteiger partial charge < -0.3 is 39.1 Å². The Kier molecular flexibility index (Phi) is 42.8. The quantitative estimate of drug-likeness (QED) is 0.0322. The number of benzene rings is 3. The van der Waals surface area contributed by atoms with Gasteiger partial charge >= 0.3 is 0 Å². The van der Waals surface area contributed by atoms with Gasteiger partial charge in [-0.3, -0.25) is 9.59 Å². The van der Waals surface area contributed by atoms with Gasteiger partial charge in [0.1, 0.15) is 23.0 Å². The van der Waals surface area contributed by atoms with Crippen molar-refractivity contribution in [1.82, 2.24) is 0 Å². The maximum absolute atomic E-state index is 14.2. The normalized spacial score (nSPS) is 11.4. The predicted molar refractivity (Wildman–Crippen MR) is 347 cm³/mol. The fourth-order valence-corrected chi connectivity index (χ4v) is 9.85. The lowest BCUT2D eigenvalue weighted by atomic mass is 10.1. The summed E-state index contributed by atoms with van der Waals surface area (Å²) in [7, 11) is 0. The minimum absolute atomic E-state index is 0.195. The molecule has 0 fully saturated rings. The van der Waals surface area contributed by atoms with Crippen molar-refractivity contribution in [1.29, 1.82) is 0 Å². The Hall–Kier alpha value is -5.12. The van der Waals surface area contributed by atoms with E-state index in [4.69, 9.17) is 28.4 Å². The number of rotatable bonds is 56. The molecule has 0 atom stereocenters. The van der Waals surface area contributed by atoms with Crippen LogP contribution in [0.4, 0.5) is 11.4 Å². The van der Waals surface area contributed by atoms with Crippen molar-refractivity contribution >= 4 is 22.9 Å². The lowest BCUT2D eigenvalue weighted by Gasteiger charge is -2.18. The first kappa shape index (κ1) is 71.1. The van der Waals surface area contributed by atoms with Crippen molar-refractivity contribution in [3.63, 3.8) is 0 Å². The zero-order chi connectivity index (χ0) is 58.8. The zero-order valence-corrected chi connectivity index (χ0v) is 52.9. The molecule has 3 rings (SSSR count). The number of carbonyl (C=O) groups is 2. The molecule has 10 heteroatoms. The second-order valence-corrected chi connectivity index (χ2v) is 22.5. The molecule has 0 heterocycles. The minimum Gasteiger partial charge on any atom is -0.493 e. The van der Waals surface area contributed by atoms with Crippen LogP contribution in [0.1, 0.15) is 293 Å². The molecule has 2 N–H and O–H groups in total. The summed E-state index contributed by atoms with van der Waals surface area (Å²) < 4.78 is 38.2. The molecule has 0 radical (unpaired) electrons. The molecule has 0 aromatic heterocycles. The Balaban J connectivity index is 1.95. The van der Waals surface area contributed by atoms with Crippen LogP contribution in [0.5, 0.6) is 34.5 Å². The highest BCUT2D eigenvalue weighted by Gasteiger charge is 2.17. The molecule has 0 spiro atoms. The summed E-state index contributed by atoms with van der Waals surface area (Å²) in [6.07, 6.45) is 48.2. The topological polar surface area (TPSA) is 114 Å². The Morgan fingerprint density at radius 3 is 0.829 bits per heavy atom. The maximum Gasteiger partial charge on any atom is 0.191 e. The fourth-order valence-electron chi connectivity index (χ4n) is 9.85. The van der Waals surface area contributed by atoms with Crippen LogP contribution in [0.2, 0.25) is 0 Å². The van der Waals surface area contributed by atoms with Crippen LogP contribution in [0.3, 0.4) is 0 Å². The molecule has 3 aromatic rings. The average Bonchev–Trinajstić information content (AvgIpc) is 3.68. The highest BCUT2D eigenvalue weighted by molar-refractivity contribution is 6.07. The van der Waals surface area contributed by atoms with Crippen molar-refractivity contribution in [2.45, 2.75) is 273 Å². The van der Waals surface area contributed by atoms with Gasteiger partial charge in [-0.1, -0.05) is 234 Å². The van der Waals surface area contributed by atoms with Crippen LogP contribution in [0.15, 0.2) is 73.1 Å². The molecular formula is C72H116N2O8. The predicted octanol–water partition coefficient (Wildman–Crippen LogP) is 21.7. The molecule has 3 aromatic carbocycles. The third-order valence-electron chi connectivity index (χ3n) is 15.0. The van der Waals surface area contributed by atoms with Crippen molar-refractivity contribution < 1.29 is 38.0 Å². The van der Waals surface area contributed by atoms with Gasteiger partial charge in [0.2, 0.25) is 0 Å². The van der Waals surface area contributed by atoms with E-state index in [1.54, 1.807) is 24.6 Å². The minimum atomic E-state index is -0.195. The highest BCUT2D eigenvalue weighted by Crippen LogP contribution is 2.38. The third-order valence-corrected chi connectivity index (χ3v) is 15.0. The summed E-state index contributed by atoms with van der Waals surface area (Å²) in [5.74, 6) is 3.34. The van der Waals surface area contributed by atoms with E-state index >= 15 is 0 Å². The Morgan fingerprint density at radius 1 is 0.305 bits per heavy atom.